The maximum atomic E-state index is 12.9. The molecule has 1 aromatic carbocycles. The van der Waals surface area contributed by atoms with E-state index in [1.807, 2.05) is 0 Å². The average molecular weight is 374 g/mol. The highest BCUT2D eigenvalue weighted by molar-refractivity contribution is 6.48. The Bertz CT molecular complexity index is 586. The van der Waals surface area contributed by atoms with Crippen LogP contribution in [0, 0.1) is 6.92 Å². The van der Waals surface area contributed by atoms with Gasteiger partial charge in [0.05, 0.1) is 17.9 Å². The number of carbonyl (C=O) groups is 1. The number of benzene rings is 1. The van der Waals surface area contributed by atoms with Gasteiger partial charge in [-0.05, 0) is 37.1 Å². The van der Waals surface area contributed by atoms with E-state index in [1.165, 1.54) is 20.9 Å². The minimum atomic E-state index is -4.61. The summed E-state index contributed by atoms with van der Waals surface area (Å²) in [5, 5.41) is 9.23. The maximum absolute atomic E-state index is 12.9. The Morgan fingerprint density at radius 2 is 1.91 bits per heavy atom. The van der Waals surface area contributed by atoms with Gasteiger partial charge in [-0.25, -0.2) is 4.79 Å². The Morgan fingerprint density at radius 3 is 2.35 bits per heavy atom. The van der Waals surface area contributed by atoms with E-state index in [0.29, 0.717) is 5.56 Å². The van der Waals surface area contributed by atoms with Crippen molar-refractivity contribution in [3.8, 4) is 0 Å². The molecule has 0 heterocycles. The lowest BCUT2D eigenvalue weighted by Gasteiger charge is -2.23. The molecule has 1 amide bonds. The number of alkyl halides is 5. The first kappa shape index (κ1) is 19.9. The number of nitrogens with zero attached hydrogens (tertiary/aromatic N) is 1. The number of anilines is 1. The van der Waals surface area contributed by atoms with Gasteiger partial charge in [-0.3, -0.25) is 4.90 Å². The smallest absolute Gasteiger partial charge is 0.416 e. The van der Waals surface area contributed by atoms with Gasteiger partial charge < -0.3 is 9.84 Å². The van der Waals surface area contributed by atoms with Crippen molar-refractivity contribution in [2.45, 2.75) is 31.0 Å². The van der Waals surface area contributed by atoms with Crippen LogP contribution < -0.4 is 4.90 Å². The molecule has 4 nitrogen and oxygen atoms in total. The van der Waals surface area contributed by atoms with Gasteiger partial charge in [0.25, 0.3) is 0 Å². The van der Waals surface area contributed by atoms with Crippen molar-refractivity contribution in [1.29, 1.82) is 0 Å². The van der Waals surface area contributed by atoms with Gasteiger partial charge in [0.1, 0.15) is 10.9 Å². The van der Waals surface area contributed by atoms with Gasteiger partial charge >= 0.3 is 12.3 Å². The summed E-state index contributed by atoms with van der Waals surface area (Å²) in [7, 11) is 1.26. The van der Waals surface area contributed by atoms with Crippen LogP contribution in [0.1, 0.15) is 23.6 Å². The number of amides is 1. The molecular formula is C14H16Cl2F3NO3. The molecule has 0 unspecified atom stereocenters. The number of halogens is 5. The van der Waals surface area contributed by atoms with Crippen molar-refractivity contribution in [2.75, 3.05) is 18.6 Å². The molecule has 0 aliphatic heterocycles. The minimum Gasteiger partial charge on any atom is -0.446 e. The fourth-order valence-electron chi connectivity index (χ4n) is 1.82. The summed E-state index contributed by atoms with van der Waals surface area (Å²) >= 11 is 11.4. The molecule has 0 aliphatic rings. The van der Waals surface area contributed by atoms with Crippen molar-refractivity contribution in [3.63, 3.8) is 0 Å². The summed E-state index contributed by atoms with van der Waals surface area (Å²) in [6.45, 7) is 1.98. The van der Waals surface area contributed by atoms with E-state index in [1.54, 1.807) is 0 Å². The molecule has 0 saturated carbocycles. The number of aliphatic hydroxyl groups excluding tert-OH is 1. The van der Waals surface area contributed by atoms with E-state index < -0.39 is 28.8 Å². The summed E-state index contributed by atoms with van der Waals surface area (Å²) in [6, 6.07) is 1.66. The normalized spacial score (nSPS) is 12.2. The zero-order chi connectivity index (χ0) is 18.0. The van der Waals surface area contributed by atoms with Crippen LogP contribution in [0.2, 0.25) is 0 Å². The fraction of sp³-hybridized carbons (Fsp3) is 0.500. The topological polar surface area (TPSA) is 49.8 Å². The zero-order valence-corrected chi connectivity index (χ0v) is 14.2. The molecule has 23 heavy (non-hydrogen) atoms. The quantitative estimate of drug-likeness (QED) is 0.801. The predicted molar refractivity (Wildman–Crippen MR) is 82.0 cm³/mol. The molecule has 0 radical (unpaired) electrons. The number of rotatable bonds is 4. The van der Waals surface area contributed by atoms with E-state index in [4.69, 9.17) is 27.9 Å². The van der Waals surface area contributed by atoms with E-state index in [0.717, 1.165) is 17.0 Å². The third-order valence-electron chi connectivity index (χ3n) is 3.07. The highest BCUT2D eigenvalue weighted by Gasteiger charge is 2.33. The van der Waals surface area contributed by atoms with Gasteiger partial charge in [-0.2, -0.15) is 13.2 Å². The molecule has 0 spiro atoms. The Balaban J connectivity index is 3.17. The van der Waals surface area contributed by atoms with Crippen LogP contribution >= 0.6 is 23.2 Å². The lowest BCUT2D eigenvalue weighted by atomic mass is 10.0. The first-order valence-corrected chi connectivity index (χ1v) is 7.22. The van der Waals surface area contributed by atoms with Crippen molar-refractivity contribution in [3.05, 3.63) is 28.8 Å². The van der Waals surface area contributed by atoms with Gasteiger partial charge in [0.15, 0.2) is 0 Å². The van der Waals surface area contributed by atoms with Crippen LogP contribution in [0.15, 0.2) is 12.1 Å². The molecule has 0 bridgehead atoms. The van der Waals surface area contributed by atoms with Crippen molar-refractivity contribution >= 4 is 35.0 Å². The molecule has 9 heteroatoms. The number of aliphatic hydroxyl groups is 1. The molecule has 0 atom stereocenters. The molecule has 0 aliphatic carbocycles. The summed E-state index contributed by atoms with van der Waals surface area (Å²) in [6.07, 6.45) is -5.52. The van der Waals surface area contributed by atoms with Crippen LogP contribution in [-0.4, -0.2) is 29.2 Å². The molecule has 0 aromatic heterocycles. The first-order valence-electron chi connectivity index (χ1n) is 6.46. The number of carbonyl (C=O) groups excluding carboxylic acids is 1. The number of hydrogen-bond donors (Lipinski definition) is 1. The van der Waals surface area contributed by atoms with E-state index in [9.17, 15) is 23.1 Å². The molecule has 1 aromatic rings. The molecule has 1 N–H and O–H groups in total. The van der Waals surface area contributed by atoms with E-state index in [-0.39, 0.29) is 17.9 Å². The maximum Gasteiger partial charge on any atom is 0.416 e. The fourth-order valence-corrected chi connectivity index (χ4v) is 1.93. The van der Waals surface area contributed by atoms with Crippen molar-refractivity contribution in [1.82, 2.24) is 0 Å². The van der Waals surface area contributed by atoms with Gasteiger partial charge in [-0.1, -0.05) is 23.2 Å². The summed E-state index contributed by atoms with van der Waals surface area (Å²) < 4.78 is 42.3. The summed E-state index contributed by atoms with van der Waals surface area (Å²) in [5.74, 6) is 0. The van der Waals surface area contributed by atoms with Crippen molar-refractivity contribution < 1.29 is 27.8 Å². The van der Waals surface area contributed by atoms with E-state index in [2.05, 4.69) is 0 Å². The third-order valence-corrected chi connectivity index (χ3v) is 3.29. The van der Waals surface area contributed by atoms with Crippen molar-refractivity contribution in [2.24, 2.45) is 0 Å². The Hall–Kier alpha value is -1.18. The minimum absolute atomic E-state index is 0.0280. The van der Waals surface area contributed by atoms with Gasteiger partial charge in [0.2, 0.25) is 0 Å². The van der Waals surface area contributed by atoms with Gasteiger partial charge in [-0.15, -0.1) is 0 Å². The molecule has 0 saturated heterocycles. The molecule has 0 fully saturated rings. The standard InChI is InChI=1S/C14H16Cl2F3NO3/c1-8-9(6-21)4-10(14(17,18)19)5-11(8)20(3)12(22)23-7-13(2,15)16/h4-5,21H,6-7H2,1-3H3. The third kappa shape index (κ3) is 5.44. The Labute approximate surface area is 141 Å². The highest BCUT2D eigenvalue weighted by atomic mass is 35.5. The van der Waals surface area contributed by atoms with Crippen LogP contribution in [0.25, 0.3) is 0 Å². The van der Waals surface area contributed by atoms with Crippen LogP contribution in [-0.2, 0) is 17.5 Å². The van der Waals surface area contributed by atoms with Crippen LogP contribution in [0.5, 0.6) is 0 Å². The van der Waals surface area contributed by atoms with Crippen LogP contribution in [0.3, 0.4) is 0 Å². The molecule has 130 valence electrons. The number of hydrogen-bond acceptors (Lipinski definition) is 3. The lowest BCUT2D eigenvalue weighted by molar-refractivity contribution is -0.137. The predicted octanol–water partition coefficient (Wildman–Crippen LogP) is 4.27. The zero-order valence-electron chi connectivity index (χ0n) is 12.7. The first-order chi connectivity index (χ1) is 10.4. The SMILES string of the molecule is Cc1c(CO)cc(C(F)(F)F)cc1N(C)C(=O)OCC(C)(Cl)Cl. The second-order valence-corrected chi connectivity index (χ2v) is 6.98. The monoisotopic (exact) mass is 373 g/mol. The molecule has 1 rings (SSSR count). The van der Waals surface area contributed by atoms with E-state index >= 15 is 0 Å². The Morgan fingerprint density at radius 1 is 1.35 bits per heavy atom. The second kappa shape index (κ2) is 7.15. The highest BCUT2D eigenvalue weighted by Crippen LogP contribution is 2.35. The second-order valence-electron chi connectivity index (χ2n) is 5.12. The summed E-state index contributed by atoms with van der Waals surface area (Å²) in [5.41, 5.74) is -0.602. The summed E-state index contributed by atoms with van der Waals surface area (Å²) in [4.78, 5) is 12.9. The Kier molecular flexibility index (Phi) is 6.18. The van der Waals surface area contributed by atoms with Crippen LogP contribution in [0.4, 0.5) is 23.7 Å². The number of ether oxygens (including phenoxy) is 1. The molecular weight excluding hydrogens is 358 g/mol. The largest absolute Gasteiger partial charge is 0.446 e. The average Bonchev–Trinajstić information content (AvgIpc) is 2.42. The van der Waals surface area contributed by atoms with Gasteiger partial charge in [0, 0.05) is 7.05 Å². The lowest BCUT2D eigenvalue weighted by Crippen LogP contribution is -2.31.